The van der Waals surface area contributed by atoms with Gasteiger partial charge in [0.25, 0.3) is 11.8 Å². The summed E-state index contributed by atoms with van der Waals surface area (Å²) in [6, 6.07) is 13.5. The van der Waals surface area contributed by atoms with E-state index in [0.717, 1.165) is 22.3 Å². The Morgan fingerprint density at radius 3 is 2.51 bits per heavy atom. The first kappa shape index (κ1) is 24.2. The number of nitrogens with zero attached hydrogens (tertiary/aromatic N) is 3. The monoisotopic (exact) mass is 498 g/mol. The van der Waals surface area contributed by atoms with Gasteiger partial charge in [-0.1, -0.05) is 24.3 Å². The number of benzene rings is 2. The molecule has 2 amide bonds. The van der Waals surface area contributed by atoms with Crippen molar-refractivity contribution in [2.75, 3.05) is 19.3 Å². The Morgan fingerprint density at radius 1 is 1.17 bits per heavy atom. The number of amides is 2. The van der Waals surface area contributed by atoms with Crippen LogP contribution in [0.2, 0.25) is 0 Å². The molecule has 1 aromatic heterocycles. The van der Waals surface area contributed by atoms with Crippen LogP contribution in [0.15, 0.2) is 59.6 Å². The number of carbonyl (C=O) groups excluding carboxylic acids is 2. The molecule has 0 saturated carbocycles. The fourth-order valence-corrected chi connectivity index (χ4v) is 4.60. The van der Waals surface area contributed by atoms with Crippen molar-refractivity contribution in [1.82, 2.24) is 15.2 Å². The second-order valence-electron chi connectivity index (χ2n) is 8.30. The molecule has 1 saturated heterocycles. The van der Waals surface area contributed by atoms with Crippen LogP contribution >= 0.6 is 0 Å². The van der Waals surface area contributed by atoms with Crippen molar-refractivity contribution in [3.05, 3.63) is 60.3 Å². The number of alkyl halides is 2. The number of sulfone groups is 1. The average molecular weight is 499 g/mol. The number of pyridine rings is 1. The highest BCUT2D eigenvalue weighted by Crippen LogP contribution is 2.31. The number of nitrogens with one attached hydrogen (secondary N) is 1. The van der Waals surface area contributed by atoms with Crippen LogP contribution in [0.25, 0.3) is 22.0 Å². The highest BCUT2D eigenvalue weighted by atomic mass is 32.2. The van der Waals surface area contributed by atoms with Crippen LogP contribution in [-0.4, -0.2) is 61.4 Å². The fraction of sp³-hybridized carbons (Fsp3) is 0.250. The summed E-state index contributed by atoms with van der Waals surface area (Å²) in [6.07, 6.45) is 1.84. The van der Waals surface area contributed by atoms with Crippen molar-refractivity contribution < 1.29 is 26.8 Å². The van der Waals surface area contributed by atoms with Crippen molar-refractivity contribution in [2.45, 2.75) is 23.3 Å². The van der Waals surface area contributed by atoms with Gasteiger partial charge in [0.15, 0.2) is 9.84 Å². The largest absolute Gasteiger partial charge is 0.343 e. The van der Waals surface area contributed by atoms with E-state index in [1.807, 2.05) is 0 Å². The molecule has 0 spiro atoms. The van der Waals surface area contributed by atoms with E-state index >= 15 is 0 Å². The van der Waals surface area contributed by atoms with Crippen molar-refractivity contribution in [2.24, 2.45) is 0 Å². The van der Waals surface area contributed by atoms with Gasteiger partial charge in [-0.2, -0.15) is 5.26 Å². The molecule has 4 rings (SSSR count). The summed E-state index contributed by atoms with van der Waals surface area (Å²) >= 11 is 0. The molecule has 3 aromatic rings. The third-order valence-electron chi connectivity index (χ3n) is 5.74. The van der Waals surface area contributed by atoms with E-state index in [0.29, 0.717) is 10.9 Å². The maximum Gasteiger partial charge on any atom is 0.268 e. The SMILES string of the molecule is CS(=O)(=O)c1ccc(-c2ccc3c(C(=O)NCC(=O)N4CC(F)(F)C[C@H]4C#N)ccnc3c2)cc1. The standard InChI is InChI=1S/C24H20F2N4O4S/c1-35(33,34)18-5-2-15(3-6-18)16-4-7-19-20(8-9-28-21(19)10-16)23(32)29-13-22(31)30-14-24(25,26)11-17(30)12-27/h2-10,17H,11,13-14H2,1H3,(H,29,32)/t17-/m0/s1. The van der Waals surface area contributed by atoms with E-state index in [9.17, 15) is 26.8 Å². The molecule has 11 heteroatoms. The smallest absolute Gasteiger partial charge is 0.268 e. The molecular weight excluding hydrogens is 478 g/mol. The predicted octanol–water partition coefficient (Wildman–Crippen LogP) is 2.79. The lowest BCUT2D eigenvalue weighted by atomic mass is 10.0. The first-order valence-electron chi connectivity index (χ1n) is 10.5. The van der Waals surface area contributed by atoms with Crippen molar-refractivity contribution >= 4 is 32.6 Å². The van der Waals surface area contributed by atoms with Gasteiger partial charge in [-0.3, -0.25) is 14.6 Å². The van der Waals surface area contributed by atoms with Crippen LogP contribution in [0, 0.1) is 11.3 Å². The number of fused-ring (bicyclic) bond motifs is 1. The molecule has 1 aliphatic heterocycles. The first-order valence-corrected chi connectivity index (χ1v) is 12.4. The van der Waals surface area contributed by atoms with Crippen LogP contribution < -0.4 is 5.32 Å². The Morgan fingerprint density at radius 2 is 1.86 bits per heavy atom. The molecule has 0 aliphatic carbocycles. The molecule has 1 fully saturated rings. The van der Waals surface area contributed by atoms with Gasteiger partial charge in [-0.25, -0.2) is 17.2 Å². The van der Waals surface area contributed by atoms with E-state index in [-0.39, 0.29) is 10.5 Å². The summed E-state index contributed by atoms with van der Waals surface area (Å²) in [6.45, 7) is -1.38. The van der Waals surface area contributed by atoms with E-state index in [1.165, 1.54) is 24.4 Å². The van der Waals surface area contributed by atoms with E-state index < -0.39 is 53.1 Å². The number of likely N-dealkylation sites (tertiary alicyclic amines) is 1. The Bertz CT molecular complexity index is 1470. The summed E-state index contributed by atoms with van der Waals surface area (Å²) in [7, 11) is -3.32. The zero-order valence-electron chi connectivity index (χ0n) is 18.5. The van der Waals surface area contributed by atoms with Gasteiger partial charge in [0.05, 0.1) is 35.1 Å². The molecule has 1 aliphatic rings. The molecule has 0 unspecified atom stereocenters. The van der Waals surface area contributed by atoms with E-state index in [1.54, 1.807) is 36.4 Å². The fourth-order valence-electron chi connectivity index (χ4n) is 3.97. The Labute approximate surface area is 200 Å². The summed E-state index contributed by atoms with van der Waals surface area (Å²) in [5.74, 6) is -4.49. The lowest BCUT2D eigenvalue weighted by molar-refractivity contribution is -0.131. The van der Waals surface area contributed by atoms with Gasteiger partial charge in [0, 0.05) is 24.3 Å². The van der Waals surface area contributed by atoms with Gasteiger partial charge >= 0.3 is 0 Å². The number of aromatic nitrogens is 1. The summed E-state index contributed by atoms with van der Waals surface area (Å²) in [5, 5.41) is 12.0. The molecule has 180 valence electrons. The number of rotatable bonds is 5. The maximum absolute atomic E-state index is 13.6. The molecule has 2 heterocycles. The molecule has 1 N–H and O–H groups in total. The maximum atomic E-state index is 13.6. The van der Waals surface area contributed by atoms with Crippen LogP contribution in [0.5, 0.6) is 0 Å². The normalized spacial score (nSPS) is 17.2. The highest BCUT2D eigenvalue weighted by Gasteiger charge is 2.47. The predicted molar refractivity (Wildman–Crippen MR) is 123 cm³/mol. The van der Waals surface area contributed by atoms with Gasteiger partial charge in [-0.15, -0.1) is 0 Å². The van der Waals surface area contributed by atoms with Gasteiger partial charge in [0.1, 0.15) is 6.04 Å². The minimum Gasteiger partial charge on any atom is -0.343 e. The quantitative estimate of drug-likeness (QED) is 0.578. The molecule has 0 radical (unpaired) electrons. The molecule has 0 bridgehead atoms. The van der Waals surface area contributed by atoms with Crippen molar-refractivity contribution in [3.8, 4) is 17.2 Å². The van der Waals surface area contributed by atoms with Gasteiger partial charge < -0.3 is 10.2 Å². The zero-order chi connectivity index (χ0) is 25.4. The number of hydrogen-bond acceptors (Lipinski definition) is 6. The third kappa shape index (κ3) is 5.12. The molecule has 2 aromatic carbocycles. The van der Waals surface area contributed by atoms with E-state index in [2.05, 4.69) is 10.3 Å². The molecule has 35 heavy (non-hydrogen) atoms. The Hall–Kier alpha value is -3.91. The summed E-state index contributed by atoms with van der Waals surface area (Å²) in [4.78, 5) is 30.4. The first-order chi connectivity index (χ1) is 16.5. The van der Waals surface area contributed by atoms with Crippen LogP contribution in [0.1, 0.15) is 16.8 Å². The minimum atomic E-state index is -3.32. The second-order valence-corrected chi connectivity index (χ2v) is 10.3. The van der Waals surface area contributed by atoms with Crippen molar-refractivity contribution in [1.29, 1.82) is 5.26 Å². The van der Waals surface area contributed by atoms with Crippen molar-refractivity contribution in [3.63, 3.8) is 0 Å². The van der Waals surface area contributed by atoms with Crippen LogP contribution in [0.3, 0.4) is 0 Å². The van der Waals surface area contributed by atoms with Crippen LogP contribution in [-0.2, 0) is 14.6 Å². The summed E-state index contributed by atoms with van der Waals surface area (Å²) < 4.78 is 50.5. The number of hydrogen-bond donors (Lipinski definition) is 1. The lowest BCUT2D eigenvalue weighted by Gasteiger charge is -2.19. The number of nitriles is 1. The number of halogens is 2. The third-order valence-corrected chi connectivity index (χ3v) is 6.87. The summed E-state index contributed by atoms with van der Waals surface area (Å²) in [5.41, 5.74) is 2.26. The van der Waals surface area contributed by atoms with Gasteiger partial charge in [-0.05, 0) is 35.4 Å². The van der Waals surface area contributed by atoms with Gasteiger partial charge in [0.2, 0.25) is 5.91 Å². The zero-order valence-corrected chi connectivity index (χ0v) is 19.4. The number of carbonyl (C=O) groups is 2. The van der Waals surface area contributed by atoms with E-state index in [4.69, 9.17) is 5.26 Å². The molecule has 8 nitrogen and oxygen atoms in total. The second kappa shape index (κ2) is 9.03. The lowest BCUT2D eigenvalue weighted by Crippen LogP contribution is -2.43. The highest BCUT2D eigenvalue weighted by molar-refractivity contribution is 7.90. The van der Waals surface area contributed by atoms with Crippen LogP contribution in [0.4, 0.5) is 8.78 Å². The average Bonchev–Trinajstić information content (AvgIpc) is 3.15. The topological polar surface area (TPSA) is 120 Å². The Kier molecular flexibility index (Phi) is 6.25. The minimum absolute atomic E-state index is 0.201. The molecule has 1 atom stereocenters. The Balaban J connectivity index is 1.51. The molecular formula is C24H20F2N4O4S.